The lowest BCUT2D eigenvalue weighted by Gasteiger charge is -2.16. The molecule has 1 aliphatic heterocycles. The van der Waals surface area contributed by atoms with Crippen LogP contribution in [0.4, 0.5) is 15.8 Å². The Kier molecular flexibility index (Phi) is 5.14. The molecule has 4 rings (SSSR count). The Hall–Kier alpha value is -3.44. The average molecular weight is 421 g/mol. The molecule has 30 heavy (non-hydrogen) atoms. The minimum absolute atomic E-state index is 0.124. The van der Waals surface area contributed by atoms with Gasteiger partial charge in [-0.3, -0.25) is 9.59 Å². The van der Waals surface area contributed by atoms with Crippen molar-refractivity contribution in [2.75, 3.05) is 10.2 Å². The van der Waals surface area contributed by atoms with E-state index in [-0.39, 0.29) is 11.3 Å². The van der Waals surface area contributed by atoms with Gasteiger partial charge < -0.3 is 5.32 Å². The highest BCUT2D eigenvalue weighted by Gasteiger charge is 2.40. The number of benzene rings is 3. The van der Waals surface area contributed by atoms with E-state index in [2.05, 4.69) is 5.32 Å². The molecule has 0 saturated carbocycles. The number of hydrogen-bond donors (Lipinski definition) is 1. The smallest absolute Gasteiger partial charge is 0.282 e. The van der Waals surface area contributed by atoms with E-state index in [1.54, 1.807) is 30.3 Å². The predicted molar refractivity (Wildman–Crippen MR) is 117 cm³/mol. The summed E-state index contributed by atoms with van der Waals surface area (Å²) < 4.78 is 13.5. The summed E-state index contributed by atoms with van der Waals surface area (Å²) in [6.45, 7) is 3.76. The standard InChI is InChI=1S/C24H18ClFN2O2/c1-14-4-3-5-19(12-14)28-23(29)21(16-7-10-18(26)11-8-16)22(24(28)30)27-20-13-17(25)9-6-15(20)2/h3-13,27H,1-2H3. The molecule has 0 atom stereocenters. The van der Waals surface area contributed by atoms with E-state index in [4.69, 9.17) is 11.6 Å². The number of anilines is 2. The van der Waals surface area contributed by atoms with Crippen LogP contribution in [-0.2, 0) is 9.59 Å². The lowest BCUT2D eigenvalue weighted by atomic mass is 10.0. The summed E-state index contributed by atoms with van der Waals surface area (Å²) in [5, 5.41) is 3.60. The van der Waals surface area contributed by atoms with Gasteiger partial charge in [0.15, 0.2) is 0 Å². The highest BCUT2D eigenvalue weighted by molar-refractivity contribution is 6.46. The van der Waals surface area contributed by atoms with Gasteiger partial charge in [0.2, 0.25) is 0 Å². The number of nitrogens with one attached hydrogen (secondary N) is 1. The molecular formula is C24H18ClFN2O2. The van der Waals surface area contributed by atoms with Crippen LogP contribution in [-0.4, -0.2) is 11.8 Å². The maximum Gasteiger partial charge on any atom is 0.282 e. The summed E-state index contributed by atoms with van der Waals surface area (Å²) >= 11 is 6.12. The third-order valence-electron chi connectivity index (χ3n) is 4.94. The number of aryl methyl sites for hydroxylation is 2. The second kappa shape index (κ2) is 7.76. The molecule has 1 aliphatic rings. The van der Waals surface area contributed by atoms with E-state index >= 15 is 0 Å². The van der Waals surface area contributed by atoms with Crippen LogP contribution < -0.4 is 10.2 Å². The first-order chi connectivity index (χ1) is 14.3. The van der Waals surface area contributed by atoms with Gasteiger partial charge in [0.1, 0.15) is 11.5 Å². The molecule has 0 radical (unpaired) electrons. The van der Waals surface area contributed by atoms with Crippen molar-refractivity contribution in [1.29, 1.82) is 0 Å². The van der Waals surface area contributed by atoms with E-state index < -0.39 is 17.6 Å². The van der Waals surface area contributed by atoms with Crippen molar-refractivity contribution in [3.05, 3.63) is 100.0 Å². The van der Waals surface area contributed by atoms with Gasteiger partial charge in [0, 0.05) is 10.7 Å². The molecule has 0 saturated heterocycles. The number of rotatable bonds is 4. The topological polar surface area (TPSA) is 49.4 Å². The molecule has 0 fully saturated rings. The van der Waals surface area contributed by atoms with Crippen LogP contribution in [0.15, 0.2) is 72.4 Å². The van der Waals surface area contributed by atoms with Crippen molar-refractivity contribution in [3.63, 3.8) is 0 Å². The number of carbonyl (C=O) groups excluding carboxylic acids is 2. The fourth-order valence-corrected chi connectivity index (χ4v) is 3.57. The highest BCUT2D eigenvalue weighted by Crippen LogP contribution is 2.35. The van der Waals surface area contributed by atoms with Gasteiger partial charge in [-0.2, -0.15) is 0 Å². The fraction of sp³-hybridized carbons (Fsp3) is 0.0833. The Balaban J connectivity index is 1.85. The monoisotopic (exact) mass is 420 g/mol. The maximum atomic E-state index is 13.5. The zero-order chi connectivity index (χ0) is 21.4. The quantitative estimate of drug-likeness (QED) is 0.567. The van der Waals surface area contributed by atoms with E-state index in [0.717, 1.165) is 16.0 Å². The first-order valence-electron chi connectivity index (χ1n) is 9.34. The second-order valence-electron chi connectivity index (χ2n) is 7.13. The first-order valence-corrected chi connectivity index (χ1v) is 9.72. The summed E-state index contributed by atoms with van der Waals surface area (Å²) in [6.07, 6.45) is 0. The molecule has 3 aromatic rings. The number of halogens is 2. The lowest BCUT2D eigenvalue weighted by Crippen LogP contribution is -2.32. The van der Waals surface area contributed by atoms with Crippen LogP contribution in [0.25, 0.3) is 5.57 Å². The van der Waals surface area contributed by atoms with Gasteiger partial charge in [0.25, 0.3) is 11.8 Å². The second-order valence-corrected chi connectivity index (χ2v) is 7.56. The van der Waals surface area contributed by atoms with Crippen LogP contribution >= 0.6 is 11.6 Å². The Labute approximate surface area is 178 Å². The Morgan fingerprint density at radius 1 is 0.900 bits per heavy atom. The maximum absolute atomic E-state index is 13.5. The van der Waals surface area contributed by atoms with Crippen LogP contribution in [0.5, 0.6) is 0 Å². The Morgan fingerprint density at radius 3 is 2.33 bits per heavy atom. The van der Waals surface area contributed by atoms with Crippen molar-refractivity contribution in [2.24, 2.45) is 0 Å². The summed E-state index contributed by atoms with van der Waals surface area (Å²) in [5.41, 5.74) is 3.63. The number of imide groups is 1. The molecule has 0 unspecified atom stereocenters. The number of nitrogens with zero attached hydrogens (tertiary/aromatic N) is 1. The van der Waals surface area contributed by atoms with Crippen molar-refractivity contribution in [3.8, 4) is 0 Å². The molecule has 1 heterocycles. The third kappa shape index (κ3) is 3.60. The average Bonchev–Trinajstić information content (AvgIpc) is 2.95. The van der Waals surface area contributed by atoms with Gasteiger partial charge in [0.05, 0.1) is 11.3 Å². The zero-order valence-corrected chi connectivity index (χ0v) is 17.1. The number of carbonyl (C=O) groups is 2. The molecule has 0 aliphatic carbocycles. The normalized spacial score (nSPS) is 13.9. The molecule has 0 aromatic heterocycles. The van der Waals surface area contributed by atoms with Crippen molar-refractivity contribution < 1.29 is 14.0 Å². The van der Waals surface area contributed by atoms with Crippen molar-refractivity contribution >= 4 is 40.4 Å². The molecule has 3 aromatic carbocycles. The van der Waals surface area contributed by atoms with Crippen LogP contribution in [0.1, 0.15) is 16.7 Å². The van der Waals surface area contributed by atoms with Crippen molar-refractivity contribution in [1.82, 2.24) is 0 Å². The van der Waals surface area contributed by atoms with Crippen LogP contribution in [0, 0.1) is 19.7 Å². The minimum Gasteiger partial charge on any atom is -0.350 e. The van der Waals surface area contributed by atoms with Gasteiger partial charge in [-0.25, -0.2) is 9.29 Å². The predicted octanol–water partition coefficient (Wildman–Crippen LogP) is 5.49. The van der Waals surface area contributed by atoms with Gasteiger partial charge >= 0.3 is 0 Å². The molecule has 0 bridgehead atoms. The van der Waals surface area contributed by atoms with E-state index in [9.17, 15) is 14.0 Å². The van der Waals surface area contributed by atoms with Crippen LogP contribution in [0.2, 0.25) is 5.02 Å². The minimum atomic E-state index is -0.482. The third-order valence-corrected chi connectivity index (χ3v) is 5.17. The molecule has 6 heteroatoms. The molecule has 1 N–H and O–H groups in total. The molecular weight excluding hydrogens is 403 g/mol. The largest absolute Gasteiger partial charge is 0.350 e. The van der Waals surface area contributed by atoms with Gasteiger partial charge in [-0.05, 0) is 66.9 Å². The van der Waals surface area contributed by atoms with E-state index in [1.165, 1.54) is 24.3 Å². The van der Waals surface area contributed by atoms with Crippen molar-refractivity contribution in [2.45, 2.75) is 13.8 Å². The summed E-state index contributed by atoms with van der Waals surface area (Å²) in [7, 11) is 0. The zero-order valence-electron chi connectivity index (χ0n) is 16.4. The van der Waals surface area contributed by atoms with Gasteiger partial charge in [-0.15, -0.1) is 0 Å². The Morgan fingerprint density at radius 2 is 1.63 bits per heavy atom. The molecule has 150 valence electrons. The summed E-state index contributed by atoms with van der Waals surface area (Å²) in [6, 6.07) is 17.9. The summed E-state index contributed by atoms with van der Waals surface area (Å²) in [5.74, 6) is -1.38. The highest BCUT2D eigenvalue weighted by atomic mass is 35.5. The van der Waals surface area contributed by atoms with E-state index in [1.807, 2.05) is 26.0 Å². The number of amides is 2. The van der Waals surface area contributed by atoms with E-state index in [0.29, 0.717) is 22.0 Å². The SMILES string of the molecule is Cc1cccc(N2C(=O)C(Nc3cc(Cl)ccc3C)=C(c3ccc(F)cc3)C2=O)c1. The molecule has 2 amide bonds. The molecule has 0 spiro atoms. The fourth-order valence-electron chi connectivity index (χ4n) is 3.40. The van der Waals surface area contributed by atoms with Crippen LogP contribution in [0.3, 0.4) is 0 Å². The summed E-state index contributed by atoms with van der Waals surface area (Å²) in [4.78, 5) is 27.8. The molecule has 4 nitrogen and oxygen atoms in total. The van der Waals surface area contributed by atoms with Gasteiger partial charge in [-0.1, -0.05) is 41.9 Å². The Bertz CT molecular complexity index is 1200. The lowest BCUT2D eigenvalue weighted by molar-refractivity contribution is -0.120. The first kappa shape index (κ1) is 19.9. The number of hydrogen-bond acceptors (Lipinski definition) is 3.